The number of rotatable bonds is 6. The van der Waals surface area contributed by atoms with Gasteiger partial charge in [0.05, 0.1) is 0 Å². The Labute approximate surface area is 142 Å². The van der Waals surface area contributed by atoms with Crippen molar-refractivity contribution in [2.24, 2.45) is 5.92 Å². The molecule has 0 unspecified atom stereocenters. The summed E-state index contributed by atoms with van der Waals surface area (Å²) in [4.78, 5) is 12.3. The Balaban J connectivity index is 1.84. The minimum atomic E-state index is -3.44. The molecule has 8 heteroatoms. The average Bonchev–Trinajstić information content (AvgIpc) is 2.55. The SMILES string of the molecule is CN(C)S(=O)(=O)NC1CCC(C(=O)Nc2ccc(CF)cc2)CC1. The lowest BCUT2D eigenvalue weighted by molar-refractivity contribution is -0.120. The van der Waals surface area contributed by atoms with Crippen molar-refractivity contribution >= 4 is 21.8 Å². The summed E-state index contributed by atoms with van der Waals surface area (Å²) in [6.07, 6.45) is 2.53. The Bertz CT molecular complexity index is 654. The summed E-state index contributed by atoms with van der Waals surface area (Å²) in [5.74, 6) is -0.206. The van der Waals surface area contributed by atoms with E-state index in [1.54, 1.807) is 24.3 Å². The Morgan fingerprint density at radius 2 is 1.75 bits per heavy atom. The number of carbonyl (C=O) groups excluding carboxylic acids is 1. The van der Waals surface area contributed by atoms with E-state index in [0.29, 0.717) is 36.9 Å². The molecule has 1 fully saturated rings. The second kappa shape index (κ2) is 8.04. The van der Waals surface area contributed by atoms with Gasteiger partial charge in [-0.05, 0) is 43.4 Å². The van der Waals surface area contributed by atoms with Gasteiger partial charge < -0.3 is 5.32 Å². The predicted octanol–water partition coefficient (Wildman–Crippen LogP) is 2.05. The predicted molar refractivity (Wildman–Crippen MR) is 91.4 cm³/mol. The standard InChI is InChI=1S/C16H24FN3O3S/c1-20(2)24(22,23)19-15-9-5-13(6-10-15)16(21)18-14-7-3-12(11-17)4-8-14/h3-4,7-8,13,15,19H,5-6,9-11H2,1-2H3,(H,18,21). The Morgan fingerprint density at radius 3 is 2.25 bits per heavy atom. The third-order valence-electron chi connectivity index (χ3n) is 4.27. The van der Waals surface area contributed by atoms with Crippen LogP contribution in [-0.4, -0.2) is 38.8 Å². The van der Waals surface area contributed by atoms with Crippen LogP contribution >= 0.6 is 0 Å². The van der Waals surface area contributed by atoms with Crippen molar-refractivity contribution < 1.29 is 17.6 Å². The Hall–Kier alpha value is -1.51. The third kappa shape index (κ3) is 4.99. The van der Waals surface area contributed by atoms with Crippen molar-refractivity contribution in [3.63, 3.8) is 0 Å². The van der Waals surface area contributed by atoms with Gasteiger partial charge in [0.25, 0.3) is 10.2 Å². The molecule has 0 heterocycles. The molecule has 2 rings (SSSR count). The summed E-state index contributed by atoms with van der Waals surface area (Å²) in [5, 5.41) is 2.84. The first-order chi connectivity index (χ1) is 11.3. The molecule has 0 bridgehead atoms. The highest BCUT2D eigenvalue weighted by atomic mass is 32.2. The van der Waals surface area contributed by atoms with Crippen molar-refractivity contribution in [2.75, 3.05) is 19.4 Å². The molecule has 1 amide bonds. The van der Waals surface area contributed by atoms with Gasteiger partial charge >= 0.3 is 0 Å². The van der Waals surface area contributed by atoms with Crippen LogP contribution in [0.25, 0.3) is 0 Å². The number of nitrogens with zero attached hydrogens (tertiary/aromatic N) is 1. The Morgan fingerprint density at radius 1 is 1.17 bits per heavy atom. The average molecular weight is 357 g/mol. The molecule has 0 radical (unpaired) electrons. The number of alkyl halides is 1. The first kappa shape index (κ1) is 18.8. The fraction of sp³-hybridized carbons (Fsp3) is 0.562. The van der Waals surface area contributed by atoms with E-state index in [9.17, 15) is 17.6 Å². The fourth-order valence-corrected chi connectivity index (χ4v) is 3.58. The molecule has 0 aromatic heterocycles. The Kier molecular flexibility index (Phi) is 6.31. The van der Waals surface area contributed by atoms with Gasteiger partial charge in [0.2, 0.25) is 5.91 Å². The molecule has 1 aromatic rings. The molecule has 0 spiro atoms. The van der Waals surface area contributed by atoms with Crippen molar-refractivity contribution in [3.8, 4) is 0 Å². The molecule has 6 nitrogen and oxygen atoms in total. The quantitative estimate of drug-likeness (QED) is 0.818. The third-order valence-corrected chi connectivity index (χ3v) is 5.86. The van der Waals surface area contributed by atoms with Gasteiger partial charge in [-0.2, -0.15) is 17.4 Å². The van der Waals surface area contributed by atoms with Crippen molar-refractivity contribution in [2.45, 2.75) is 38.4 Å². The number of anilines is 1. The van der Waals surface area contributed by atoms with Crippen LogP contribution in [-0.2, 0) is 21.7 Å². The number of benzene rings is 1. The van der Waals surface area contributed by atoms with Crippen LogP contribution in [0.2, 0.25) is 0 Å². The molecule has 0 atom stereocenters. The lowest BCUT2D eigenvalue weighted by atomic mass is 9.86. The van der Waals surface area contributed by atoms with Gasteiger partial charge in [-0.1, -0.05) is 12.1 Å². The van der Waals surface area contributed by atoms with Crippen molar-refractivity contribution in [3.05, 3.63) is 29.8 Å². The van der Waals surface area contributed by atoms with Gasteiger partial charge in [0, 0.05) is 31.7 Å². The number of hydrogen-bond donors (Lipinski definition) is 2. The molecule has 24 heavy (non-hydrogen) atoms. The highest BCUT2D eigenvalue weighted by Gasteiger charge is 2.29. The van der Waals surface area contributed by atoms with Gasteiger partial charge in [-0.3, -0.25) is 4.79 Å². The number of hydrogen-bond acceptors (Lipinski definition) is 3. The number of nitrogens with one attached hydrogen (secondary N) is 2. The molecule has 1 saturated carbocycles. The normalized spacial score (nSPS) is 21.7. The maximum Gasteiger partial charge on any atom is 0.279 e. The summed E-state index contributed by atoms with van der Waals surface area (Å²) in [5.41, 5.74) is 1.22. The van der Waals surface area contributed by atoms with E-state index >= 15 is 0 Å². The maximum absolute atomic E-state index is 12.5. The zero-order chi connectivity index (χ0) is 17.7. The van der Waals surface area contributed by atoms with Crippen LogP contribution in [0.1, 0.15) is 31.2 Å². The van der Waals surface area contributed by atoms with Gasteiger partial charge in [0.1, 0.15) is 6.67 Å². The zero-order valence-electron chi connectivity index (χ0n) is 14.0. The lowest BCUT2D eigenvalue weighted by Gasteiger charge is -2.29. The van der Waals surface area contributed by atoms with Gasteiger partial charge in [-0.25, -0.2) is 4.39 Å². The van der Waals surface area contributed by atoms with Gasteiger partial charge in [-0.15, -0.1) is 0 Å². The smallest absolute Gasteiger partial charge is 0.279 e. The number of carbonyl (C=O) groups is 1. The van der Waals surface area contributed by atoms with Crippen molar-refractivity contribution in [1.29, 1.82) is 0 Å². The molecule has 1 aliphatic rings. The summed E-state index contributed by atoms with van der Waals surface area (Å²) >= 11 is 0. The van der Waals surface area contributed by atoms with E-state index in [4.69, 9.17) is 0 Å². The minimum absolute atomic E-state index is 0.0723. The van der Waals surface area contributed by atoms with Crippen LogP contribution in [0.4, 0.5) is 10.1 Å². The largest absolute Gasteiger partial charge is 0.326 e. The summed E-state index contributed by atoms with van der Waals surface area (Å²) in [6.45, 7) is -0.527. The van der Waals surface area contributed by atoms with Crippen LogP contribution in [0.5, 0.6) is 0 Å². The molecule has 134 valence electrons. The van der Waals surface area contributed by atoms with E-state index in [2.05, 4.69) is 10.0 Å². The van der Waals surface area contributed by atoms with Crippen LogP contribution < -0.4 is 10.0 Å². The highest BCUT2D eigenvalue weighted by Crippen LogP contribution is 2.26. The van der Waals surface area contributed by atoms with Crippen LogP contribution in [0, 0.1) is 5.92 Å². The monoisotopic (exact) mass is 357 g/mol. The zero-order valence-corrected chi connectivity index (χ0v) is 14.8. The first-order valence-corrected chi connectivity index (χ1v) is 9.41. The molecular weight excluding hydrogens is 333 g/mol. The molecule has 0 aliphatic heterocycles. The molecular formula is C16H24FN3O3S. The van der Waals surface area contributed by atoms with Crippen molar-refractivity contribution in [1.82, 2.24) is 9.03 Å². The van der Waals surface area contributed by atoms with E-state index in [1.807, 2.05) is 0 Å². The summed E-state index contributed by atoms with van der Waals surface area (Å²) < 4.78 is 39.9. The van der Waals surface area contributed by atoms with E-state index < -0.39 is 16.9 Å². The molecule has 1 aromatic carbocycles. The maximum atomic E-state index is 12.5. The minimum Gasteiger partial charge on any atom is -0.326 e. The van der Waals surface area contributed by atoms with Crippen LogP contribution in [0.15, 0.2) is 24.3 Å². The first-order valence-electron chi connectivity index (χ1n) is 7.97. The van der Waals surface area contributed by atoms with E-state index in [-0.39, 0.29) is 17.9 Å². The topological polar surface area (TPSA) is 78.5 Å². The fourth-order valence-electron chi connectivity index (χ4n) is 2.71. The van der Waals surface area contributed by atoms with E-state index in [1.165, 1.54) is 14.1 Å². The van der Waals surface area contributed by atoms with Gasteiger partial charge in [0.15, 0.2) is 0 Å². The molecule has 2 N–H and O–H groups in total. The second-order valence-corrected chi connectivity index (χ2v) is 8.19. The lowest BCUT2D eigenvalue weighted by Crippen LogP contribution is -2.44. The molecule has 0 saturated heterocycles. The number of halogens is 1. The second-order valence-electron chi connectivity index (χ2n) is 6.27. The number of amides is 1. The summed E-state index contributed by atoms with van der Waals surface area (Å²) in [7, 11) is -0.475. The highest BCUT2D eigenvalue weighted by molar-refractivity contribution is 7.87. The van der Waals surface area contributed by atoms with Crippen LogP contribution in [0.3, 0.4) is 0 Å². The summed E-state index contributed by atoms with van der Waals surface area (Å²) in [6, 6.07) is 6.52. The van der Waals surface area contributed by atoms with E-state index in [0.717, 1.165) is 4.31 Å². The molecule has 1 aliphatic carbocycles.